The quantitative estimate of drug-likeness (QED) is 0.161. The lowest BCUT2D eigenvalue weighted by Crippen LogP contribution is -2.19. The van der Waals surface area contributed by atoms with E-state index in [2.05, 4.69) is 4.99 Å². The number of aliphatic imine (C=N–C) groups is 1. The average molecular weight is 400 g/mol. The van der Waals surface area contributed by atoms with Crippen LogP contribution < -0.4 is 0 Å². The smallest absolute Gasteiger partial charge is 0.269 e. The van der Waals surface area contributed by atoms with Crippen LogP contribution in [0.4, 0.5) is 11.4 Å². The first-order chi connectivity index (χ1) is 14.6. The zero-order valence-corrected chi connectivity index (χ0v) is 16.4. The summed E-state index contributed by atoms with van der Waals surface area (Å²) in [6.07, 6.45) is 1.66. The van der Waals surface area contributed by atoms with Crippen molar-refractivity contribution in [2.45, 2.75) is 6.92 Å². The van der Waals surface area contributed by atoms with Gasteiger partial charge in [0.15, 0.2) is 5.71 Å². The van der Waals surface area contributed by atoms with Crippen LogP contribution >= 0.6 is 0 Å². The highest BCUT2D eigenvalue weighted by Gasteiger charge is 2.20. The molecule has 30 heavy (non-hydrogen) atoms. The van der Waals surface area contributed by atoms with Crippen LogP contribution in [0.15, 0.2) is 95.7 Å². The van der Waals surface area contributed by atoms with Gasteiger partial charge in [0.1, 0.15) is 5.76 Å². The summed E-state index contributed by atoms with van der Waals surface area (Å²) in [7, 11) is 0. The molecule has 0 bridgehead atoms. The predicted molar refractivity (Wildman–Crippen MR) is 117 cm³/mol. The van der Waals surface area contributed by atoms with Gasteiger partial charge < -0.3 is 4.74 Å². The number of rotatable bonds is 8. The van der Waals surface area contributed by atoms with E-state index >= 15 is 0 Å². The van der Waals surface area contributed by atoms with Crippen molar-refractivity contribution in [1.29, 1.82) is 0 Å². The van der Waals surface area contributed by atoms with Crippen molar-refractivity contribution >= 4 is 28.9 Å². The summed E-state index contributed by atoms with van der Waals surface area (Å²) in [5.41, 5.74) is 1.91. The van der Waals surface area contributed by atoms with Gasteiger partial charge in [-0.25, -0.2) is 4.99 Å². The first-order valence-corrected chi connectivity index (χ1v) is 9.41. The highest BCUT2D eigenvalue weighted by Crippen LogP contribution is 2.20. The van der Waals surface area contributed by atoms with Gasteiger partial charge in [0.25, 0.3) is 5.69 Å². The zero-order valence-electron chi connectivity index (χ0n) is 16.4. The van der Waals surface area contributed by atoms with Gasteiger partial charge in [0, 0.05) is 17.7 Å². The number of hydrogen-bond donors (Lipinski definition) is 0. The van der Waals surface area contributed by atoms with Crippen molar-refractivity contribution in [3.05, 3.63) is 112 Å². The number of nitro groups is 1. The number of allylic oxidation sites excluding steroid dienone is 1. The number of ether oxygens (including phenoxy) is 1. The molecule has 0 fully saturated rings. The molecule has 0 aromatic heterocycles. The number of non-ortho nitro benzene ring substituents is 1. The van der Waals surface area contributed by atoms with Crippen LogP contribution in [-0.4, -0.2) is 23.0 Å². The minimum Gasteiger partial charge on any atom is -0.491 e. The van der Waals surface area contributed by atoms with Crippen LogP contribution in [0, 0.1) is 10.1 Å². The van der Waals surface area contributed by atoms with E-state index in [-0.39, 0.29) is 17.2 Å². The number of nitro benzene ring substituents is 1. The number of Topliss-reactive ketones (excluding diaryl/α,β-unsaturated/α-hetero) is 1. The summed E-state index contributed by atoms with van der Waals surface area (Å²) in [6, 6.07) is 24.0. The Labute approximate surface area is 174 Å². The number of para-hydroxylation sites is 1. The third-order valence-corrected chi connectivity index (χ3v) is 4.18. The second-order valence-corrected chi connectivity index (χ2v) is 6.28. The molecule has 0 saturated carbocycles. The predicted octanol–water partition coefficient (Wildman–Crippen LogP) is 5.63. The summed E-state index contributed by atoms with van der Waals surface area (Å²) < 4.78 is 5.78. The summed E-state index contributed by atoms with van der Waals surface area (Å²) >= 11 is 0. The molecule has 3 rings (SSSR count). The first kappa shape index (κ1) is 20.7. The molecule has 3 aromatic carbocycles. The molecule has 0 saturated heterocycles. The molecule has 0 aliphatic heterocycles. The van der Waals surface area contributed by atoms with E-state index in [0.717, 1.165) is 0 Å². The maximum absolute atomic E-state index is 13.3. The largest absolute Gasteiger partial charge is 0.491 e. The molecule has 0 spiro atoms. The Morgan fingerprint density at radius 1 is 0.967 bits per heavy atom. The van der Waals surface area contributed by atoms with Gasteiger partial charge in [-0.3, -0.25) is 14.9 Å². The Morgan fingerprint density at radius 2 is 1.57 bits per heavy atom. The lowest BCUT2D eigenvalue weighted by atomic mass is 10.0. The van der Waals surface area contributed by atoms with Crippen LogP contribution in [-0.2, 0) is 4.74 Å². The fraction of sp³-hybridized carbons (Fsp3) is 0.0833. The lowest BCUT2D eigenvalue weighted by Gasteiger charge is -2.12. The molecule has 6 heteroatoms. The third-order valence-electron chi connectivity index (χ3n) is 4.18. The fourth-order valence-electron chi connectivity index (χ4n) is 2.75. The minimum absolute atomic E-state index is 0.0105. The molecule has 0 aliphatic carbocycles. The van der Waals surface area contributed by atoms with Crippen LogP contribution in [0.3, 0.4) is 0 Å². The number of carbonyl (C=O) groups is 1. The minimum atomic E-state index is -0.460. The van der Waals surface area contributed by atoms with E-state index in [4.69, 9.17) is 4.74 Å². The summed E-state index contributed by atoms with van der Waals surface area (Å²) in [6.45, 7) is 2.14. The molecule has 0 aliphatic rings. The number of ketones is 1. The van der Waals surface area contributed by atoms with Gasteiger partial charge in [0.2, 0.25) is 5.78 Å². The molecule has 6 nitrogen and oxygen atoms in total. The maximum Gasteiger partial charge on any atom is 0.269 e. The van der Waals surface area contributed by atoms with Crippen LogP contribution in [0.2, 0.25) is 0 Å². The van der Waals surface area contributed by atoms with Crippen molar-refractivity contribution in [2.24, 2.45) is 4.99 Å². The average Bonchev–Trinajstić information content (AvgIpc) is 2.78. The number of carbonyl (C=O) groups excluding carboxylic acids is 1. The van der Waals surface area contributed by atoms with Gasteiger partial charge in [0.05, 0.1) is 17.2 Å². The van der Waals surface area contributed by atoms with Crippen LogP contribution in [0.25, 0.3) is 6.08 Å². The lowest BCUT2D eigenvalue weighted by molar-refractivity contribution is -0.384. The molecule has 0 heterocycles. The molecule has 0 unspecified atom stereocenters. The highest BCUT2D eigenvalue weighted by molar-refractivity contribution is 6.51. The van der Waals surface area contributed by atoms with Crippen molar-refractivity contribution in [2.75, 3.05) is 6.61 Å². The van der Waals surface area contributed by atoms with Gasteiger partial charge in [-0.1, -0.05) is 48.5 Å². The van der Waals surface area contributed by atoms with Crippen molar-refractivity contribution < 1.29 is 14.5 Å². The van der Waals surface area contributed by atoms with Gasteiger partial charge in [-0.15, -0.1) is 0 Å². The van der Waals surface area contributed by atoms with Crippen molar-refractivity contribution in [1.82, 2.24) is 0 Å². The molecule has 3 aromatic rings. The molecule has 0 amide bonds. The van der Waals surface area contributed by atoms with E-state index in [0.29, 0.717) is 29.2 Å². The normalized spacial score (nSPS) is 11.8. The highest BCUT2D eigenvalue weighted by atomic mass is 16.6. The topological polar surface area (TPSA) is 81.8 Å². The standard InChI is InChI=1S/C24H20N2O4/c1-2-30-22(17-18-13-15-21(16-14-18)26(28)29)23(25-20-11-7-4-8-12-20)24(27)19-9-5-3-6-10-19/h3-17H,2H2,1H3/b22-17-,25-23?. The van der Waals surface area contributed by atoms with E-state index in [9.17, 15) is 14.9 Å². The Kier molecular flexibility index (Phi) is 6.84. The van der Waals surface area contributed by atoms with E-state index in [1.165, 1.54) is 12.1 Å². The first-order valence-electron chi connectivity index (χ1n) is 9.41. The van der Waals surface area contributed by atoms with Crippen LogP contribution in [0.1, 0.15) is 22.8 Å². The molecule has 0 atom stereocenters. The second kappa shape index (κ2) is 9.93. The Balaban J connectivity index is 2.09. The van der Waals surface area contributed by atoms with E-state index in [1.807, 2.05) is 31.2 Å². The Morgan fingerprint density at radius 3 is 2.13 bits per heavy atom. The number of benzene rings is 3. The molecular formula is C24H20N2O4. The van der Waals surface area contributed by atoms with E-state index in [1.54, 1.807) is 54.6 Å². The fourth-order valence-corrected chi connectivity index (χ4v) is 2.75. The van der Waals surface area contributed by atoms with Gasteiger partial charge in [-0.2, -0.15) is 0 Å². The summed E-state index contributed by atoms with van der Waals surface area (Å²) in [4.78, 5) is 28.3. The second-order valence-electron chi connectivity index (χ2n) is 6.28. The number of hydrogen-bond acceptors (Lipinski definition) is 5. The van der Waals surface area contributed by atoms with E-state index < -0.39 is 4.92 Å². The zero-order chi connectivity index (χ0) is 21.3. The Bertz CT molecular complexity index is 1070. The molecule has 150 valence electrons. The molecule has 0 N–H and O–H groups in total. The molecule has 0 radical (unpaired) electrons. The number of nitrogens with zero attached hydrogens (tertiary/aromatic N) is 2. The van der Waals surface area contributed by atoms with Crippen molar-refractivity contribution in [3.8, 4) is 0 Å². The summed E-state index contributed by atoms with van der Waals surface area (Å²) in [5, 5.41) is 10.9. The SMILES string of the molecule is CCO/C(=C\c1ccc([N+](=O)[O-])cc1)C(=Nc1ccccc1)C(=O)c1ccccc1. The third kappa shape index (κ3) is 5.26. The van der Waals surface area contributed by atoms with Gasteiger partial charge >= 0.3 is 0 Å². The van der Waals surface area contributed by atoms with Gasteiger partial charge in [-0.05, 0) is 42.8 Å². The Hall–Kier alpha value is -4.06. The molecular weight excluding hydrogens is 380 g/mol. The van der Waals surface area contributed by atoms with Crippen LogP contribution in [0.5, 0.6) is 0 Å². The summed E-state index contributed by atoms with van der Waals surface area (Å²) in [5.74, 6) is 0.0186. The van der Waals surface area contributed by atoms with Crippen molar-refractivity contribution in [3.63, 3.8) is 0 Å². The maximum atomic E-state index is 13.3. The monoisotopic (exact) mass is 400 g/mol.